The van der Waals surface area contributed by atoms with Gasteiger partial charge in [0.15, 0.2) is 0 Å². The molecular formula is C25H34N4O. The van der Waals surface area contributed by atoms with E-state index in [0.29, 0.717) is 6.04 Å². The molecule has 1 aromatic carbocycles. The lowest BCUT2D eigenvalue weighted by Gasteiger charge is -2.36. The van der Waals surface area contributed by atoms with Gasteiger partial charge in [0.25, 0.3) is 0 Å². The molecule has 1 aromatic heterocycles. The Morgan fingerprint density at radius 1 is 1.13 bits per heavy atom. The van der Waals surface area contributed by atoms with Crippen LogP contribution in [0.15, 0.2) is 48.7 Å². The van der Waals surface area contributed by atoms with Crippen molar-refractivity contribution in [2.24, 2.45) is 5.84 Å². The first-order valence-electron chi connectivity index (χ1n) is 11.3. The number of nitrogens with two attached hydrogens (primary N) is 1. The van der Waals surface area contributed by atoms with Gasteiger partial charge >= 0.3 is 0 Å². The van der Waals surface area contributed by atoms with Crippen molar-refractivity contribution in [1.29, 1.82) is 0 Å². The molecule has 5 nitrogen and oxygen atoms in total. The molecule has 2 atom stereocenters. The van der Waals surface area contributed by atoms with Gasteiger partial charge < -0.3 is 4.74 Å². The van der Waals surface area contributed by atoms with E-state index in [9.17, 15) is 0 Å². The maximum absolute atomic E-state index is 6.58. The fourth-order valence-electron chi connectivity index (χ4n) is 4.77. The average Bonchev–Trinajstić information content (AvgIpc) is 2.95. The third-order valence-electron chi connectivity index (χ3n) is 6.65. The molecule has 0 saturated carbocycles. The third-order valence-corrected chi connectivity index (χ3v) is 6.65. The maximum atomic E-state index is 6.58. The van der Waals surface area contributed by atoms with Crippen LogP contribution in [-0.2, 0) is 0 Å². The van der Waals surface area contributed by atoms with Gasteiger partial charge in [0.2, 0.25) is 0 Å². The second-order valence-electron chi connectivity index (χ2n) is 8.48. The molecule has 2 N–H and O–H groups in total. The summed E-state index contributed by atoms with van der Waals surface area (Å²) in [6.45, 7) is 10.4. The van der Waals surface area contributed by atoms with Crippen LogP contribution in [0.25, 0.3) is 5.57 Å². The number of aromatic nitrogens is 1. The molecule has 5 heteroatoms. The minimum atomic E-state index is -0.301. The highest BCUT2D eigenvalue weighted by Gasteiger charge is 2.37. The van der Waals surface area contributed by atoms with Gasteiger partial charge in [0.05, 0.1) is 5.69 Å². The molecule has 0 aliphatic carbocycles. The van der Waals surface area contributed by atoms with E-state index in [0.717, 1.165) is 68.0 Å². The van der Waals surface area contributed by atoms with Crippen molar-refractivity contribution in [3.05, 3.63) is 65.5 Å². The number of pyridine rings is 1. The minimum absolute atomic E-state index is 0.301. The largest absolute Gasteiger partial charge is 0.482 e. The highest BCUT2D eigenvalue weighted by Crippen LogP contribution is 2.43. The van der Waals surface area contributed by atoms with E-state index in [2.05, 4.69) is 68.1 Å². The summed E-state index contributed by atoms with van der Waals surface area (Å²) in [5.41, 5.74) is 4.33. The van der Waals surface area contributed by atoms with Crippen molar-refractivity contribution >= 4 is 5.57 Å². The topological polar surface area (TPSA) is 54.6 Å². The molecule has 4 rings (SSSR count). The van der Waals surface area contributed by atoms with Crippen LogP contribution in [0.5, 0.6) is 5.75 Å². The highest BCUT2D eigenvalue weighted by atomic mass is 16.5. The number of ether oxygens (including phenoxy) is 1. The van der Waals surface area contributed by atoms with Crippen LogP contribution in [0.1, 0.15) is 62.9 Å². The summed E-state index contributed by atoms with van der Waals surface area (Å²) in [4.78, 5) is 7.28. The van der Waals surface area contributed by atoms with Crippen LogP contribution in [-0.4, -0.2) is 46.7 Å². The van der Waals surface area contributed by atoms with Gasteiger partial charge in [-0.05, 0) is 56.6 Å². The first-order valence-corrected chi connectivity index (χ1v) is 11.3. The highest BCUT2D eigenvalue weighted by molar-refractivity contribution is 5.84. The Bertz CT molecular complexity index is 890. The van der Waals surface area contributed by atoms with Crippen molar-refractivity contribution in [2.75, 3.05) is 26.2 Å². The first kappa shape index (κ1) is 21.0. The number of hydrogen-bond donors (Lipinski definition) is 1. The predicted octanol–water partition coefficient (Wildman–Crippen LogP) is 4.41. The van der Waals surface area contributed by atoms with E-state index >= 15 is 0 Å². The number of nitrogens with zero attached hydrogens (tertiary/aromatic N) is 3. The molecule has 1 fully saturated rings. The minimum Gasteiger partial charge on any atom is -0.482 e. The molecule has 2 aromatic rings. The van der Waals surface area contributed by atoms with Crippen molar-refractivity contribution in [3.63, 3.8) is 0 Å². The van der Waals surface area contributed by atoms with Gasteiger partial charge in [-0.15, -0.1) is 0 Å². The summed E-state index contributed by atoms with van der Waals surface area (Å²) in [6, 6.07) is 13.1. The summed E-state index contributed by atoms with van der Waals surface area (Å²) in [7, 11) is 0. The zero-order valence-corrected chi connectivity index (χ0v) is 18.5. The van der Waals surface area contributed by atoms with E-state index in [4.69, 9.17) is 15.6 Å². The Balaban J connectivity index is 1.70. The molecule has 0 radical (unpaired) electrons. The lowest BCUT2D eigenvalue weighted by Crippen LogP contribution is -2.39. The molecule has 1 spiro atoms. The smallest absolute Gasteiger partial charge is 0.129 e. The number of fused-ring (bicyclic) bond motifs is 1. The van der Waals surface area contributed by atoms with Crippen LogP contribution < -0.4 is 10.6 Å². The van der Waals surface area contributed by atoms with Gasteiger partial charge in [-0.3, -0.25) is 15.7 Å². The van der Waals surface area contributed by atoms with Crippen LogP contribution >= 0.6 is 0 Å². The van der Waals surface area contributed by atoms with E-state index in [-0.39, 0.29) is 5.60 Å². The van der Waals surface area contributed by atoms with Crippen LogP contribution in [0.3, 0.4) is 0 Å². The Kier molecular flexibility index (Phi) is 6.23. The van der Waals surface area contributed by atoms with Crippen LogP contribution in [0.4, 0.5) is 0 Å². The number of para-hydroxylation sites is 1. The van der Waals surface area contributed by atoms with E-state index in [1.54, 1.807) is 0 Å². The normalized spacial score (nSPS) is 22.9. The summed E-state index contributed by atoms with van der Waals surface area (Å²) in [5, 5.41) is 1.91. The summed E-state index contributed by atoms with van der Waals surface area (Å²) >= 11 is 0. The summed E-state index contributed by atoms with van der Waals surface area (Å²) in [6.07, 6.45) is 7.26. The Labute approximate surface area is 180 Å². The molecular weight excluding hydrogens is 372 g/mol. The van der Waals surface area contributed by atoms with E-state index in [1.807, 2.05) is 11.2 Å². The number of rotatable bonds is 5. The second kappa shape index (κ2) is 8.88. The fraction of sp³-hybridized carbons (Fsp3) is 0.480. The molecule has 0 amide bonds. The zero-order chi connectivity index (χ0) is 21.1. The second-order valence-corrected chi connectivity index (χ2v) is 8.48. The van der Waals surface area contributed by atoms with Crippen molar-refractivity contribution in [1.82, 2.24) is 14.9 Å². The van der Waals surface area contributed by atoms with E-state index < -0.39 is 0 Å². The summed E-state index contributed by atoms with van der Waals surface area (Å²) < 4.78 is 6.58. The number of hydrogen-bond acceptors (Lipinski definition) is 5. The Morgan fingerprint density at radius 3 is 2.67 bits per heavy atom. The van der Waals surface area contributed by atoms with Gasteiger partial charge in [0, 0.05) is 42.9 Å². The molecule has 1 saturated heterocycles. The molecule has 3 heterocycles. The van der Waals surface area contributed by atoms with Crippen LogP contribution in [0, 0.1) is 0 Å². The van der Waals surface area contributed by atoms with Gasteiger partial charge in [-0.25, -0.2) is 5.01 Å². The molecule has 2 aliphatic heterocycles. The Morgan fingerprint density at radius 2 is 1.93 bits per heavy atom. The average molecular weight is 407 g/mol. The monoisotopic (exact) mass is 406 g/mol. The first-order chi connectivity index (χ1) is 14.5. The number of benzene rings is 1. The van der Waals surface area contributed by atoms with E-state index in [1.165, 1.54) is 5.57 Å². The predicted molar refractivity (Wildman–Crippen MR) is 122 cm³/mol. The maximum Gasteiger partial charge on any atom is 0.129 e. The quantitative estimate of drug-likeness (QED) is 0.746. The molecule has 2 unspecified atom stereocenters. The molecule has 2 aliphatic rings. The van der Waals surface area contributed by atoms with Crippen LogP contribution in [0.2, 0.25) is 0 Å². The molecule has 160 valence electrons. The number of hydrazine groups is 1. The van der Waals surface area contributed by atoms with Gasteiger partial charge in [0.1, 0.15) is 11.4 Å². The standard InChI is InChI=1S/C25H34N4O/c1-4-28(5-2)19(3)23-12-11-20(18-27-23)22-17-25(13-8-15-29(26)16-14-25)30-24-10-7-6-9-21(22)24/h6-7,9-12,17-19H,4-5,8,13-16,26H2,1-3H3. The lowest BCUT2D eigenvalue weighted by molar-refractivity contribution is 0.0988. The van der Waals surface area contributed by atoms with Gasteiger partial charge in [-0.2, -0.15) is 0 Å². The van der Waals surface area contributed by atoms with Crippen molar-refractivity contribution in [3.8, 4) is 5.75 Å². The summed E-state index contributed by atoms with van der Waals surface area (Å²) in [5.74, 6) is 7.06. The third kappa shape index (κ3) is 4.15. The fourth-order valence-corrected chi connectivity index (χ4v) is 4.77. The van der Waals surface area contributed by atoms with Crippen molar-refractivity contribution < 1.29 is 4.74 Å². The molecule has 0 bridgehead atoms. The molecule has 30 heavy (non-hydrogen) atoms. The van der Waals surface area contributed by atoms with Crippen molar-refractivity contribution in [2.45, 2.75) is 51.7 Å². The zero-order valence-electron chi connectivity index (χ0n) is 18.5. The SMILES string of the molecule is CCN(CC)C(C)c1ccc(C2=CC3(CCCN(N)CC3)Oc3ccccc32)cn1. The van der Waals surface area contributed by atoms with Gasteiger partial charge in [-0.1, -0.05) is 38.1 Å². The Hall–Kier alpha value is -2.21. The lowest BCUT2D eigenvalue weighted by atomic mass is 9.85.